The molecule has 0 aliphatic rings. The fourth-order valence-electron chi connectivity index (χ4n) is 0.698. The molecule has 0 spiro atoms. The van der Waals surface area contributed by atoms with Gasteiger partial charge in [0.25, 0.3) is 5.96 Å². The summed E-state index contributed by atoms with van der Waals surface area (Å²) in [5, 5.41) is 14.4. The Balaban J connectivity index is 2.65. The second-order valence-corrected chi connectivity index (χ2v) is 2.09. The van der Waals surface area contributed by atoms with Crippen LogP contribution in [0.2, 0.25) is 0 Å². The van der Waals surface area contributed by atoms with Crippen molar-refractivity contribution in [3.05, 3.63) is 34.6 Å². The van der Waals surface area contributed by atoms with Crippen LogP contribution in [-0.2, 0) is 0 Å². The second kappa shape index (κ2) is 4.00. The smallest absolute Gasteiger partial charge is 0.270 e. The van der Waals surface area contributed by atoms with Gasteiger partial charge in [-0.15, -0.1) is 0 Å². The Bertz CT molecular complexity index is 323. The van der Waals surface area contributed by atoms with E-state index in [4.69, 9.17) is 5.73 Å². The molecule has 0 saturated heterocycles. The first-order valence-electron chi connectivity index (χ1n) is 3.34. The van der Waals surface area contributed by atoms with Gasteiger partial charge in [0.05, 0.1) is 11.9 Å². The summed E-state index contributed by atoms with van der Waals surface area (Å²) in [6.07, 6.45) is 3.05. The molecule has 13 heavy (non-hydrogen) atoms. The van der Waals surface area contributed by atoms with Crippen LogP contribution in [-0.4, -0.2) is 16.0 Å². The molecule has 0 saturated carbocycles. The maximum absolute atomic E-state index is 9.88. The van der Waals surface area contributed by atoms with Gasteiger partial charge in [-0.2, -0.15) is 0 Å². The monoisotopic (exact) mass is 181 g/mol. The number of aromatic nitrogens is 1. The summed E-state index contributed by atoms with van der Waals surface area (Å²) in [4.78, 5) is 13.7. The molecule has 0 fully saturated rings. The van der Waals surface area contributed by atoms with E-state index < -0.39 is 5.03 Å². The van der Waals surface area contributed by atoms with E-state index in [1.807, 2.05) is 0 Å². The van der Waals surface area contributed by atoms with Gasteiger partial charge in [-0.3, -0.25) is 4.98 Å². The fraction of sp³-hybridized carbons (Fsp3) is 0. The van der Waals surface area contributed by atoms with Crippen molar-refractivity contribution >= 4 is 11.6 Å². The zero-order valence-corrected chi connectivity index (χ0v) is 6.54. The lowest BCUT2D eigenvalue weighted by atomic mass is 10.4. The molecule has 1 heterocycles. The standard InChI is InChI=1S/C6H7N5O2/c7-6(10-11(12)13)9-5-2-1-3-8-4-5/h1-4H,(H3,7,9,10). The number of nitrogens with two attached hydrogens (primary N) is 1. The molecule has 0 amide bonds. The van der Waals surface area contributed by atoms with Gasteiger partial charge in [-0.05, 0) is 12.1 Å². The summed E-state index contributed by atoms with van der Waals surface area (Å²) in [5.41, 5.74) is 5.72. The molecule has 1 aromatic rings. The lowest BCUT2D eigenvalue weighted by Gasteiger charge is -1.99. The van der Waals surface area contributed by atoms with Crippen LogP contribution < -0.4 is 11.1 Å². The van der Waals surface area contributed by atoms with Crippen molar-refractivity contribution in [2.24, 2.45) is 10.8 Å². The Kier molecular flexibility index (Phi) is 2.74. The van der Waals surface area contributed by atoms with Crippen LogP contribution in [0.3, 0.4) is 0 Å². The number of hydrogen-bond donors (Lipinski definition) is 2. The quantitative estimate of drug-likeness (QED) is 0.289. The highest BCUT2D eigenvalue weighted by Crippen LogP contribution is 2.00. The van der Waals surface area contributed by atoms with Crippen molar-refractivity contribution in [2.75, 3.05) is 5.32 Å². The van der Waals surface area contributed by atoms with Crippen LogP contribution in [0.15, 0.2) is 29.6 Å². The molecule has 0 radical (unpaired) electrons. The van der Waals surface area contributed by atoms with Gasteiger partial charge >= 0.3 is 0 Å². The fourth-order valence-corrected chi connectivity index (χ4v) is 0.698. The molecule has 0 atom stereocenters. The number of pyridine rings is 1. The van der Waals surface area contributed by atoms with Gasteiger partial charge < -0.3 is 11.1 Å². The molecule has 0 unspecified atom stereocenters. The predicted octanol–water partition coefficient (Wildman–Crippen LogP) is -0.000100. The largest absolute Gasteiger partial charge is 0.364 e. The zero-order valence-electron chi connectivity index (χ0n) is 6.54. The van der Waals surface area contributed by atoms with Gasteiger partial charge in [0, 0.05) is 6.20 Å². The van der Waals surface area contributed by atoms with Gasteiger partial charge in [0.15, 0.2) is 5.03 Å². The van der Waals surface area contributed by atoms with Crippen molar-refractivity contribution in [3.8, 4) is 0 Å². The maximum atomic E-state index is 9.88. The number of anilines is 1. The Morgan fingerprint density at radius 3 is 3.08 bits per heavy atom. The lowest BCUT2D eigenvalue weighted by Crippen LogP contribution is -2.23. The molecule has 3 N–H and O–H groups in total. The number of nitro groups is 1. The molecular formula is C6H7N5O2. The van der Waals surface area contributed by atoms with E-state index >= 15 is 0 Å². The summed E-state index contributed by atoms with van der Waals surface area (Å²) in [6, 6.07) is 3.33. The van der Waals surface area contributed by atoms with Crippen LogP contribution in [0.1, 0.15) is 0 Å². The molecule has 0 aliphatic heterocycles. The Morgan fingerprint density at radius 2 is 2.54 bits per heavy atom. The Morgan fingerprint density at radius 1 is 1.77 bits per heavy atom. The van der Waals surface area contributed by atoms with Crippen LogP contribution in [0, 0.1) is 10.1 Å². The SMILES string of the molecule is N/C(=N/[N+](=O)[O-])Nc1cccnc1. The molecule has 1 aromatic heterocycles. The van der Waals surface area contributed by atoms with Gasteiger partial charge in [0.1, 0.15) is 5.10 Å². The molecule has 0 aliphatic carbocycles. The number of nitrogens with zero attached hydrogens (tertiary/aromatic N) is 3. The third-order valence-electron chi connectivity index (χ3n) is 1.12. The van der Waals surface area contributed by atoms with Gasteiger partial charge in [0.2, 0.25) is 0 Å². The minimum Gasteiger partial charge on any atom is -0.364 e. The van der Waals surface area contributed by atoms with Crippen molar-refractivity contribution < 1.29 is 5.03 Å². The minimum absolute atomic E-state index is 0.280. The molecule has 7 nitrogen and oxygen atoms in total. The summed E-state index contributed by atoms with van der Waals surface area (Å²) in [5.74, 6) is -0.280. The summed E-state index contributed by atoms with van der Waals surface area (Å²) >= 11 is 0. The molecule has 7 heteroatoms. The van der Waals surface area contributed by atoms with Crippen LogP contribution in [0.4, 0.5) is 5.69 Å². The Labute approximate surface area is 73.4 Å². The maximum Gasteiger partial charge on any atom is 0.270 e. The summed E-state index contributed by atoms with van der Waals surface area (Å²) in [6.45, 7) is 0. The third-order valence-corrected chi connectivity index (χ3v) is 1.12. The first-order valence-corrected chi connectivity index (χ1v) is 3.34. The van der Waals surface area contributed by atoms with E-state index in [1.54, 1.807) is 18.3 Å². The van der Waals surface area contributed by atoms with E-state index in [1.165, 1.54) is 6.20 Å². The van der Waals surface area contributed by atoms with E-state index in [0.717, 1.165) is 0 Å². The lowest BCUT2D eigenvalue weighted by molar-refractivity contribution is -0.485. The third kappa shape index (κ3) is 3.14. The van der Waals surface area contributed by atoms with Crippen molar-refractivity contribution in [2.45, 2.75) is 0 Å². The molecule has 1 rings (SSSR count). The average molecular weight is 181 g/mol. The highest BCUT2D eigenvalue weighted by atomic mass is 16.7. The summed E-state index contributed by atoms with van der Waals surface area (Å²) in [7, 11) is 0. The van der Waals surface area contributed by atoms with E-state index in [2.05, 4.69) is 15.4 Å². The van der Waals surface area contributed by atoms with Crippen LogP contribution in [0.5, 0.6) is 0 Å². The van der Waals surface area contributed by atoms with E-state index in [0.29, 0.717) is 5.69 Å². The van der Waals surface area contributed by atoms with Crippen molar-refractivity contribution in [3.63, 3.8) is 0 Å². The van der Waals surface area contributed by atoms with E-state index in [9.17, 15) is 10.1 Å². The number of nitrogens with one attached hydrogen (secondary N) is 1. The van der Waals surface area contributed by atoms with Gasteiger partial charge in [-0.25, -0.2) is 10.1 Å². The topological polar surface area (TPSA) is 106 Å². The normalized spacial score (nSPS) is 10.9. The first kappa shape index (κ1) is 8.91. The zero-order chi connectivity index (χ0) is 9.68. The highest BCUT2D eigenvalue weighted by molar-refractivity contribution is 5.91. The average Bonchev–Trinajstić information content (AvgIpc) is 2.04. The summed E-state index contributed by atoms with van der Waals surface area (Å²) < 4.78 is 0. The van der Waals surface area contributed by atoms with Gasteiger partial charge in [-0.1, -0.05) is 0 Å². The van der Waals surface area contributed by atoms with Crippen molar-refractivity contribution in [1.82, 2.24) is 4.98 Å². The minimum atomic E-state index is -0.876. The number of hydrazone groups is 1. The van der Waals surface area contributed by atoms with Crippen LogP contribution in [0.25, 0.3) is 0 Å². The number of rotatable bonds is 2. The second-order valence-electron chi connectivity index (χ2n) is 2.09. The molecule has 0 aromatic carbocycles. The highest BCUT2D eigenvalue weighted by Gasteiger charge is 1.98. The van der Waals surface area contributed by atoms with Crippen molar-refractivity contribution in [1.29, 1.82) is 0 Å². The van der Waals surface area contributed by atoms with Crippen LogP contribution >= 0.6 is 0 Å². The molecule has 68 valence electrons. The number of hydrogen-bond acceptors (Lipinski definition) is 3. The number of guanidine groups is 1. The van der Waals surface area contributed by atoms with E-state index in [-0.39, 0.29) is 5.96 Å². The Hall–Kier alpha value is -2.18. The molecular weight excluding hydrogens is 174 g/mol. The predicted molar refractivity (Wildman–Crippen MR) is 46.5 cm³/mol. The molecule has 0 bridgehead atoms. The first-order chi connectivity index (χ1) is 6.18.